The Labute approximate surface area is 226 Å². The van der Waals surface area contributed by atoms with Gasteiger partial charge in [0.1, 0.15) is 17.7 Å². The average Bonchev–Trinajstić information content (AvgIpc) is 3.32. The normalized spacial score (nSPS) is 19.1. The number of carbonyl (C=O) groups excluding carboxylic acids is 1. The van der Waals surface area contributed by atoms with Crippen molar-refractivity contribution in [1.82, 2.24) is 14.8 Å². The Balaban J connectivity index is 1.49. The summed E-state index contributed by atoms with van der Waals surface area (Å²) in [6.07, 6.45) is -0.219. The Kier molecular flexibility index (Phi) is 7.83. The second-order valence-corrected chi connectivity index (χ2v) is 10.4. The fourth-order valence-corrected chi connectivity index (χ4v) is 5.44. The molecule has 10 heteroatoms. The van der Waals surface area contributed by atoms with E-state index in [-0.39, 0.29) is 17.6 Å². The van der Waals surface area contributed by atoms with E-state index in [9.17, 15) is 18.0 Å². The topological polar surface area (TPSA) is 60.9 Å². The van der Waals surface area contributed by atoms with Crippen LogP contribution in [0.4, 0.5) is 24.5 Å². The molecule has 0 radical (unpaired) electrons. The number of benzene rings is 2. The smallest absolute Gasteiger partial charge is 0.266 e. The molecule has 39 heavy (non-hydrogen) atoms. The van der Waals surface area contributed by atoms with Crippen LogP contribution in [0.5, 0.6) is 5.75 Å². The number of nitrogens with one attached hydrogen (secondary N) is 1. The summed E-state index contributed by atoms with van der Waals surface area (Å²) in [5, 5.41) is 4.13. The minimum Gasteiger partial charge on any atom is -0.487 e. The molecule has 0 bridgehead atoms. The number of carbonyl (C=O) groups is 1. The molecule has 2 saturated heterocycles. The second-order valence-electron chi connectivity index (χ2n) is 10.4. The molecule has 2 fully saturated rings. The summed E-state index contributed by atoms with van der Waals surface area (Å²) >= 11 is 0. The van der Waals surface area contributed by atoms with Gasteiger partial charge in [0, 0.05) is 75.1 Å². The molecule has 1 aromatic heterocycles. The lowest BCUT2D eigenvalue weighted by Crippen LogP contribution is -2.48. The lowest BCUT2D eigenvalue weighted by molar-refractivity contribution is -0.129. The molecule has 0 aliphatic carbocycles. The van der Waals surface area contributed by atoms with Gasteiger partial charge in [0.05, 0.1) is 22.8 Å². The largest absolute Gasteiger partial charge is 0.487 e. The van der Waals surface area contributed by atoms with Gasteiger partial charge in [-0.1, -0.05) is 18.2 Å². The van der Waals surface area contributed by atoms with Crippen LogP contribution >= 0.6 is 0 Å². The maximum atomic E-state index is 14.9. The van der Waals surface area contributed by atoms with Crippen LogP contribution in [0.15, 0.2) is 42.6 Å². The fraction of sp³-hybridized carbons (Fsp3) is 0.448. The highest BCUT2D eigenvalue weighted by Gasteiger charge is 2.27. The highest BCUT2D eigenvalue weighted by Crippen LogP contribution is 2.38. The number of likely N-dealkylation sites (tertiary alicyclic amines) is 1. The van der Waals surface area contributed by atoms with Crippen molar-refractivity contribution < 1.29 is 22.7 Å². The van der Waals surface area contributed by atoms with Crippen LogP contribution in [-0.4, -0.2) is 73.1 Å². The number of halogens is 3. The molecule has 0 saturated carbocycles. The summed E-state index contributed by atoms with van der Waals surface area (Å²) in [6, 6.07) is 9.28. The van der Waals surface area contributed by atoms with Crippen LogP contribution in [-0.2, 0) is 4.79 Å². The number of alkyl halides is 2. The molecule has 2 aromatic carbocycles. The monoisotopic (exact) mass is 541 g/mol. The minimum atomic E-state index is -2.89. The zero-order valence-electron chi connectivity index (χ0n) is 22.5. The van der Waals surface area contributed by atoms with E-state index < -0.39 is 23.8 Å². The van der Waals surface area contributed by atoms with Gasteiger partial charge in [-0.3, -0.25) is 9.78 Å². The summed E-state index contributed by atoms with van der Waals surface area (Å²) in [6.45, 7) is 7.71. The number of ether oxygens (including phenoxy) is 1. The van der Waals surface area contributed by atoms with Crippen LogP contribution in [0, 0.1) is 5.82 Å². The van der Waals surface area contributed by atoms with E-state index in [4.69, 9.17) is 4.74 Å². The number of hydrogen-bond acceptors (Lipinski definition) is 6. The number of aromatic nitrogens is 1. The summed E-state index contributed by atoms with van der Waals surface area (Å²) in [5.74, 6) is -0.0917. The number of fused-ring (bicyclic) bond motifs is 1. The maximum absolute atomic E-state index is 14.9. The molecule has 3 heterocycles. The molecule has 1 unspecified atom stereocenters. The van der Waals surface area contributed by atoms with Crippen LogP contribution in [0.2, 0.25) is 0 Å². The first-order valence-electron chi connectivity index (χ1n) is 13.3. The number of pyridine rings is 1. The number of amides is 1. The van der Waals surface area contributed by atoms with Gasteiger partial charge in [-0.25, -0.2) is 13.2 Å². The molecule has 3 aromatic rings. The zero-order chi connectivity index (χ0) is 27.7. The molecule has 1 amide bonds. The van der Waals surface area contributed by atoms with Crippen LogP contribution in [0.1, 0.15) is 43.9 Å². The minimum absolute atomic E-state index is 0.0615. The summed E-state index contributed by atoms with van der Waals surface area (Å²) in [5.41, 5.74) is 1.90. The van der Waals surface area contributed by atoms with E-state index in [1.54, 1.807) is 26.1 Å². The van der Waals surface area contributed by atoms with E-state index in [0.29, 0.717) is 37.4 Å². The Hall–Kier alpha value is -3.53. The van der Waals surface area contributed by atoms with Gasteiger partial charge in [-0.2, -0.15) is 0 Å². The fourth-order valence-electron chi connectivity index (χ4n) is 5.44. The molecule has 2 aliphatic rings. The third-order valence-corrected chi connectivity index (χ3v) is 7.66. The molecule has 0 spiro atoms. The molecule has 5 rings (SSSR count). The van der Waals surface area contributed by atoms with E-state index in [2.05, 4.69) is 27.1 Å². The highest BCUT2D eigenvalue weighted by atomic mass is 19.3. The summed E-state index contributed by atoms with van der Waals surface area (Å²) < 4.78 is 48.0. The third-order valence-electron chi connectivity index (χ3n) is 7.66. The van der Waals surface area contributed by atoms with Gasteiger partial charge in [0.2, 0.25) is 5.91 Å². The van der Waals surface area contributed by atoms with E-state index in [1.165, 1.54) is 12.1 Å². The lowest BCUT2D eigenvalue weighted by Gasteiger charge is -2.36. The lowest BCUT2D eigenvalue weighted by atomic mass is 10.0. The standard InChI is InChI=1S/C29H34F3N5O2/c1-18(21-5-4-6-22(28(21)30)29(31)32)34-24-7-9-33-25-16-27(39-20-8-10-35(3)17-20)26(15-23(24)25)37-13-11-36(12-14-37)19(2)38/h4-7,9,15-16,18,20,29H,8,10-14,17H2,1-3H3,(H,33,34)/t18-,20?/m1/s1. The number of anilines is 2. The average molecular weight is 542 g/mol. The van der Waals surface area contributed by atoms with Crippen molar-refractivity contribution >= 4 is 28.2 Å². The van der Waals surface area contributed by atoms with Gasteiger partial charge in [-0.05, 0) is 32.5 Å². The Morgan fingerprint density at radius 3 is 2.51 bits per heavy atom. The third kappa shape index (κ3) is 5.75. The quantitative estimate of drug-likeness (QED) is 0.442. The van der Waals surface area contributed by atoms with Crippen molar-refractivity contribution in [3.63, 3.8) is 0 Å². The number of nitrogens with zero attached hydrogens (tertiary/aromatic N) is 4. The van der Waals surface area contributed by atoms with Crippen molar-refractivity contribution in [3.8, 4) is 5.75 Å². The van der Waals surface area contributed by atoms with Gasteiger partial charge >= 0.3 is 0 Å². The first kappa shape index (κ1) is 27.1. The molecule has 208 valence electrons. The van der Waals surface area contributed by atoms with Crippen molar-refractivity contribution in [2.24, 2.45) is 0 Å². The van der Waals surface area contributed by atoms with Crippen LogP contribution in [0.25, 0.3) is 10.9 Å². The molecular formula is C29H34F3N5O2. The van der Waals surface area contributed by atoms with Gasteiger partial charge < -0.3 is 24.8 Å². The molecular weight excluding hydrogens is 507 g/mol. The van der Waals surface area contributed by atoms with E-state index >= 15 is 0 Å². The van der Waals surface area contributed by atoms with E-state index in [1.807, 2.05) is 17.0 Å². The molecule has 2 atom stereocenters. The number of piperazine rings is 1. The van der Waals surface area contributed by atoms with Gasteiger partial charge in [0.15, 0.2) is 0 Å². The Morgan fingerprint density at radius 2 is 1.85 bits per heavy atom. The predicted molar refractivity (Wildman–Crippen MR) is 146 cm³/mol. The Morgan fingerprint density at radius 1 is 1.10 bits per heavy atom. The summed E-state index contributed by atoms with van der Waals surface area (Å²) in [4.78, 5) is 22.8. The first-order chi connectivity index (χ1) is 18.7. The Bertz CT molecular complexity index is 1350. The van der Waals surface area contributed by atoms with Crippen molar-refractivity contribution in [2.75, 3.05) is 56.5 Å². The number of hydrogen-bond donors (Lipinski definition) is 1. The van der Waals surface area contributed by atoms with Crippen molar-refractivity contribution in [2.45, 2.75) is 38.8 Å². The van der Waals surface area contributed by atoms with Crippen molar-refractivity contribution in [1.29, 1.82) is 0 Å². The molecule has 7 nitrogen and oxygen atoms in total. The zero-order valence-corrected chi connectivity index (χ0v) is 22.5. The predicted octanol–water partition coefficient (Wildman–Crippen LogP) is 5.24. The molecule has 2 aliphatic heterocycles. The highest BCUT2D eigenvalue weighted by molar-refractivity contribution is 5.95. The number of rotatable bonds is 7. The maximum Gasteiger partial charge on any atom is 0.266 e. The summed E-state index contributed by atoms with van der Waals surface area (Å²) in [7, 11) is 2.08. The number of likely N-dealkylation sites (N-methyl/N-ethyl adjacent to an activating group) is 1. The first-order valence-corrected chi connectivity index (χ1v) is 13.3. The van der Waals surface area contributed by atoms with Gasteiger partial charge in [-0.15, -0.1) is 0 Å². The molecule has 1 N–H and O–H groups in total. The van der Waals surface area contributed by atoms with E-state index in [0.717, 1.165) is 42.4 Å². The SMILES string of the molecule is CC(=O)N1CCN(c2cc3c(N[C@H](C)c4cccc(C(F)F)c4F)ccnc3cc2OC2CCN(C)C2)CC1. The van der Waals surface area contributed by atoms with Crippen LogP contribution < -0.4 is 15.0 Å². The second kappa shape index (κ2) is 11.3. The van der Waals surface area contributed by atoms with Crippen molar-refractivity contribution in [3.05, 3.63) is 59.5 Å². The van der Waals surface area contributed by atoms with Gasteiger partial charge in [0.25, 0.3) is 6.43 Å². The van der Waals surface area contributed by atoms with Crippen LogP contribution in [0.3, 0.4) is 0 Å².